The maximum Gasteiger partial charge on any atom is 0.291 e. The number of anilines is 1. The van der Waals surface area contributed by atoms with Gasteiger partial charge in [-0.25, -0.2) is 0 Å². The van der Waals surface area contributed by atoms with E-state index in [0.717, 1.165) is 22.1 Å². The lowest BCUT2D eigenvalue weighted by atomic mass is 10.0. The van der Waals surface area contributed by atoms with Gasteiger partial charge >= 0.3 is 0 Å². The van der Waals surface area contributed by atoms with E-state index in [2.05, 4.69) is 10.4 Å². The SMILES string of the molecule is Cc1cc2oc(C(=O)Nc3c(C(=O)N(C)C)nn(C)c3C)c(C)c2cc1C. The van der Waals surface area contributed by atoms with Crippen molar-refractivity contribution < 1.29 is 14.0 Å². The molecule has 0 aliphatic rings. The Morgan fingerprint density at radius 3 is 2.37 bits per heavy atom. The van der Waals surface area contributed by atoms with Crippen molar-refractivity contribution in [2.75, 3.05) is 19.4 Å². The molecule has 7 heteroatoms. The van der Waals surface area contributed by atoms with Crippen LogP contribution < -0.4 is 5.32 Å². The number of furan rings is 1. The first-order valence-corrected chi connectivity index (χ1v) is 8.68. The van der Waals surface area contributed by atoms with Crippen LogP contribution in [-0.2, 0) is 7.05 Å². The van der Waals surface area contributed by atoms with E-state index < -0.39 is 5.91 Å². The summed E-state index contributed by atoms with van der Waals surface area (Å²) in [7, 11) is 5.02. The largest absolute Gasteiger partial charge is 0.451 e. The molecule has 0 bridgehead atoms. The van der Waals surface area contributed by atoms with Gasteiger partial charge in [0.25, 0.3) is 11.8 Å². The molecule has 0 aliphatic carbocycles. The maximum absolute atomic E-state index is 12.9. The van der Waals surface area contributed by atoms with Crippen LogP contribution in [0.15, 0.2) is 16.5 Å². The number of fused-ring (bicyclic) bond motifs is 1. The van der Waals surface area contributed by atoms with Crippen LogP contribution in [0.1, 0.15) is 43.4 Å². The van der Waals surface area contributed by atoms with E-state index in [-0.39, 0.29) is 17.4 Å². The van der Waals surface area contributed by atoms with Crippen LogP contribution in [0.2, 0.25) is 0 Å². The zero-order valence-electron chi connectivity index (χ0n) is 16.7. The second kappa shape index (κ2) is 6.57. The number of hydrogen-bond donors (Lipinski definition) is 1. The van der Waals surface area contributed by atoms with E-state index >= 15 is 0 Å². The molecule has 3 aromatic rings. The average molecular weight is 368 g/mol. The van der Waals surface area contributed by atoms with Crippen LogP contribution in [0.5, 0.6) is 0 Å². The molecule has 0 saturated heterocycles. The Morgan fingerprint density at radius 1 is 1.11 bits per heavy atom. The van der Waals surface area contributed by atoms with Gasteiger partial charge in [-0.3, -0.25) is 14.3 Å². The first kappa shape index (κ1) is 18.7. The number of aromatic nitrogens is 2. The summed E-state index contributed by atoms with van der Waals surface area (Å²) in [6.07, 6.45) is 0. The lowest BCUT2D eigenvalue weighted by Crippen LogP contribution is -2.24. The lowest BCUT2D eigenvalue weighted by molar-refractivity contribution is 0.0822. The van der Waals surface area contributed by atoms with Crippen LogP contribution in [0.3, 0.4) is 0 Å². The molecule has 0 unspecified atom stereocenters. The summed E-state index contributed by atoms with van der Waals surface area (Å²) >= 11 is 0. The fourth-order valence-corrected chi connectivity index (χ4v) is 2.98. The Morgan fingerprint density at radius 2 is 1.74 bits per heavy atom. The molecule has 0 fully saturated rings. The van der Waals surface area contributed by atoms with Crippen molar-refractivity contribution in [1.82, 2.24) is 14.7 Å². The smallest absolute Gasteiger partial charge is 0.291 e. The number of hydrogen-bond acceptors (Lipinski definition) is 4. The van der Waals surface area contributed by atoms with E-state index in [0.29, 0.717) is 17.0 Å². The van der Waals surface area contributed by atoms with E-state index in [1.165, 1.54) is 4.90 Å². The molecule has 0 atom stereocenters. The van der Waals surface area contributed by atoms with Gasteiger partial charge in [0.15, 0.2) is 11.5 Å². The van der Waals surface area contributed by atoms with Crippen molar-refractivity contribution in [1.29, 1.82) is 0 Å². The third-order valence-corrected chi connectivity index (χ3v) is 4.94. The van der Waals surface area contributed by atoms with Gasteiger partial charge in [-0.15, -0.1) is 0 Å². The van der Waals surface area contributed by atoms with Crippen molar-refractivity contribution in [3.05, 3.63) is 46.0 Å². The number of nitrogens with one attached hydrogen (secondary N) is 1. The molecule has 3 rings (SSSR count). The van der Waals surface area contributed by atoms with Gasteiger partial charge in [0.05, 0.1) is 11.4 Å². The summed E-state index contributed by atoms with van der Waals surface area (Å²) in [5, 5.41) is 7.98. The highest BCUT2D eigenvalue weighted by Gasteiger charge is 2.25. The molecular formula is C20H24N4O3. The fraction of sp³-hybridized carbons (Fsp3) is 0.350. The average Bonchev–Trinajstić information content (AvgIpc) is 3.06. The molecule has 0 aliphatic heterocycles. The van der Waals surface area contributed by atoms with Crippen LogP contribution in [0.4, 0.5) is 5.69 Å². The molecule has 0 saturated carbocycles. The van der Waals surface area contributed by atoms with E-state index in [1.807, 2.05) is 32.9 Å². The predicted octanol–water partition coefficient (Wildman–Crippen LogP) is 3.35. The summed E-state index contributed by atoms with van der Waals surface area (Å²) in [5.74, 6) is -0.439. The van der Waals surface area contributed by atoms with Crippen molar-refractivity contribution in [2.24, 2.45) is 7.05 Å². The van der Waals surface area contributed by atoms with Crippen LogP contribution in [0.25, 0.3) is 11.0 Å². The monoisotopic (exact) mass is 368 g/mol. The number of amides is 2. The highest BCUT2D eigenvalue weighted by atomic mass is 16.3. The van der Waals surface area contributed by atoms with Gasteiger partial charge in [0, 0.05) is 32.1 Å². The Labute approximate surface area is 157 Å². The molecule has 0 radical (unpaired) electrons. The standard InChI is InChI=1S/C20H24N4O3/c1-10-8-14-12(3)18(27-15(14)9-11(10)2)19(25)21-16-13(4)24(7)22-17(16)20(26)23(5)6/h8-9H,1-7H3,(H,21,25). The maximum atomic E-state index is 12.9. The van der Waals surface area contributed by atoms with Crippen molar-refractivity contribution >= 4 is 28.5 Å². The van der Waals surface area contributed by atoms with Gasteiger partial charge < -0.3 is 14.6 Å². The summed E-state index contributed by atoms with van der Waals surface area (Å²) < 4.78 is 7.40. The molecule has 7 nitrogen and oxygen atoms in total. The minimum atomic E-state index is -0.400. The second-order valence-corrected chi connectivity index (χ2v) is 7.08. The molecule has 1 aromatic carbocycles. The molecular weight excluding hydrogens is 344 g/mol. The first-order valence-electron chi connectivity index (χ1n) is 8.68. The number of nitrogens with zero attached hydrogens (tertiary/aromatic N) is 3. The fourth-order valence-electron chi connectivity index (χ4n) is 2.98. The third-order valence-electron chi connectivity index (χ3n) is 4.94. The molecule has 142 valence electrons. The molecule has 0 spiro atoms. The Bertz CT molecular complexity index is 1070. The van der Waals surface area contributed by atoms with Crippen molar-refractivity contribution in [2.45, 2.75) is 27.7 Å². The quantitative estimate of drug-likeness (QED) is 0.769. The summed E-state index contributed by atoms with van der Waals surface area (Å²) in [5.41, 5.74) is 4.97. The van der Waals surface area contributed by atoms with Crippen LogP contribution in [-0.4, -0.2) is 40.6 Å². The first-order chi connectivity index (χ1) is 12.6. The number of carbonyl (C=O) groups excluding carboxylic acids is 2. The van der Waals surface area contributed by atoms with Crippen molar-refractivity contribution in [3.63, 3.8) is 0 Å². The third kappa shape index (κ3) is 3.09. The van der Waals surface area contributed by atoms with E-state index in [1.54, 1.807) is 32.7 Å². The van der Waals surface area contributed by atoms with E-state index in [4.69, 9.17) is 4.42 Å². The number of rotatable bonds is 3. The Kier molecular flexibility index (Phi) is 4.55. The summed E-state index contributed by atoms with van der Waals surface area (Å²) in [6.45, 7) is 7.69. The van der Waals surface area contributed by atoms with Gasteiger partial charge in [0.1, 0.15) is 5.58 Å². The molecule has 2 aromatic heterocycles. The van der Waals surface area contributed by atoms with Crippen molar-refractivity contribution in [3.8, 4) is 0 Å². The Balaban J connectivity index is 2.03. The van der Waals surface area contributed by atoms with Gasteiger partial charge in [0.2, 0.25) is 0 Å². The topological polar surface area (TPSA) is 80.4 Å². The zero-order chi connectivity index (χ0) is 20.0. The highest BCUT2D eigenvalue weighted by Crippen LogP contribution is 2.29. The minimum Gasteiger partial charge on any atom is -0.451 e. The molecule has 1 N–H and O–H groups in total. The summed E-state index contributed by atoms with van der Waals surface area (Å²) in [4.78, 5) is 26.7. The zero-order valence-corrected chi connectivity index (χ0v) is 16.7. The molecule has 27 heavy (non-hydrogen) atoms. The number of benzene rings is 1. The Hall–Kier alpha value is -3.09. The second-order valence-electron chi connectivity index (χ2n) is 7.08. The van der Waals surface area contributed by atoms with Crippen LogP contribution >= 0.6 is 0 Å². The minimum absolute atomic E-state index is 0.203. The summed E-state index contributed by atoms with van der Waals surface area (Å²) in [6, 6.07) is 3.96. The number of aryl methyl sites for hydroxylation is 4. The van der Waals surface area contributed by atoms with E-state index in [9.17, 15) is 9.59 Å². The van der Waals surface area contributed by atoms with Gasteiger partial charge in [-0.2, -0.15) is 5.10 Å². The lowest BCUT2D eigenvalue weighted by Gasteiger charge is -2.10. The normalized spacial score (nSPS) is 11.1. The predicted molar refractivity (Wildman–Crippen MR) is 104 cm³/mol. The number of carbonyl (C=O) groups is 2. The highest BCUT2D eigenvalue weighted by molar-refractivity contribution is 6.10. The van der Waals surface area contributed by atoms with Gasteiger partial charge in [-0.1, -0.05) is 0 Å². The van der Waals surface area contributed by atoms with Crippen LogP contribution in [0, 0.1) is 27.7 Å². The molecule has 2 amide bonds. The molecule has 2 heterocycles. The van der Waals surface area contributed by atoms with Gasteiger partial charge in [-0.05, 0) is 51.0 Å².